The Labute approximate surface area is 290 Å². The number of para-hydroxylation sites is 1. The third kappa shape index (κ3) is 15.1. The van der Waals surface area contributed by atoms with Gasteiger partial charge >= 0.3 is 0 Å². The Morgan fingerprint density at radius 1 is 1.06 bits per heavy atom. The number of unbranched alkanes of at least 4 members (excludes halogenated alkanes) is 3. The van der Waals surface area contributed by atoms with E-state index in [9.17, 15) is 19.2 Å². The first-order valence-electron chi connectivity index (χ1n) is 16.8. The maximum atomic E-state index is 12.1. The summed E-state index contributed by atoms with van der Waals surface area (Å²) in [6.07, 6.45) is 15.1. The molecule has 11 heteroatoms. The fraction of sp³-hybridized carbons (Fsp3) is 0.421. The monoisotopic (exact) mass is 675 g/mol. The van der Waals surface area contributed by atoms with Gasteiger partial charge in [0.2, 0.25) is 17.7 Å². The smallest absolute Gasteiger partial charge is 0.256 e. The third-order valence-electron chi connectivity index (χ3n) is 7.85. The van der Waals surface area contributed by atoms with E-state index in [2.05, 4.69) is 41.8 Å². The Morgan fingerprint density at radius 3 is 2.45 bits per heavy atom. The second-order valence-corrected chi connectivity index (χ2v) is 11.6. The number of amides is 4. The normalized spacial score (nSPS) is 17.6. The summed E-state index contributed by atoms with van der Waals surface area (Å²) in [5.74, 6) is 1.17. The maximum absolute atomic E-state index is 12.1. The van der Waals surface area contributed by atoms with Gasteiger partial charge in [-0.2, -0.15) is 5.48 Å². The number of nitrogens with one attached hydrogen (secondary N) is 3. The van der Waals surface area contributed by atoms with E-state index in [-0.39, 0.29) is 30.2 Å². The summed E-state index contributed by atoms with van der Waals surface area (Å²) in [4.78, 5) is 52.7. The number of likely N-dealkylation sites (N-methyl/N-ethyl adjacent to an activating group) is 1. The third-order valence-corrected chi connectivity index (χ3v) is 7.85. The van der Waals surface area contributed by atoms with E-state index in [1.54, 1.807) is 31.2 Å². The lowest BCUT2D eigenvalue weighted by atomic mass is 10.2. The Kier molecular flexibility index (Phi) is 18.4. The molecule has 3 unspecified atom stereocenters. The molecule has 0 aromatic heterocycles. The van der Waals surface area contributed by atoms with Crippen LogP contribution in [0, 0.1) is 11.8 Å². The standard InChI is InChI=1S/C17H23NO2.C14H19N3O3.C7H11NO/c1-2-3-4-5-7-10-14-13-16(14)17(19)18-20-15-11-8-6-9-12-15;1-20-11-5-2-4-10(8-11)16-9-13(18)17-7-3-6-12(17)14(15)19;1-4-5-6(2)7(9)8-3/h6-12,14,16H,2-5,13H2,1H3,(H,18,19);2,4-5,8,12,16H,3,6-7,9H2,1H3,(H2,15,19);4-5H,2H2,1,3H3,(H,8,9)/b10-7-;;5-4-. The summed E-state index contributed by atoms with van der Waals surface area (Å²) in [6.45, 7) is 8.29. The summed E-state index contributed by atoms with van der Waals surface area (Å²) in [6, 6.07) is 16.2. The van der Waals surface area contributed by atoms with Crippen LogP contribution in [0.15, 0.2) is 91.1 Å². The van der Waals surface area contributed by atoms with Crippen molar-refractivity contribution in [2.75, 3.05) is 32.6 Å². The number of methoxy groups -OCH3 is 1. The molecular weight excluding hydrogens is 622 g/mol. The number of allylic oxidation sites excluding steroid dienone is 3. The lowest BCUT2D eigenvalue weighted by molar-refractivity contribution is -0.135. The number of carbonyl (C=O) groups is 4. The average molecular weight is 676 g/mol. The van der Waals surface area contributed by atoms with Gasteiger partial charge in [0, 0.05) is 36.8 Å². The molecule has 2 aromatic carbocycles. The minimum Gasteiger partial charge on any atom is -0.497 e. The molecule has 1 saturated heterocycles. The number of hydroxylamine groups is 1. The van der Waals surface area contributed by atoms with Gasteiger partial charge in [0.05, 0.1) is 13.7 Å². The van der Waals surface area contributed by atoms with Crippen LogP contribution < -0.4 is 31.4 Å². The fourth-order valence-electron chi connectivity index (χ4n) is 5.00. The van der Waals surface area contributed by atoms with Crippen LogP contribution in [0.4, 0.5) is 5.69 Å². The molecule has 1 heterocycles. The molecule has 2 aliphatic rings. The zero-order valence-corrected chi connectivity index (χ0v) is 29.3. The molecule has 266 valence electrons. The van der Waals surface area contributed by atoms with Gasteiger partial charge < -0.3 is 30.8 Å². The number of rotatable bonds is 15. The fourth-order valence-corrected chi connectivity index (χ4v) is 5.00. The molecule has 2 fully saturated rings. The van der Waals surface area contributed by atoms with Crippen LogP contribution in [0.1, 0.15) is 58.8 Å². The summed E-state index contributed by atoms with van der Waals surface area (Å²) in [7, 11) is 3.17. The molecule has 3 atom stereocenters. The highest BCUT2D eigenvalue weighted by molar-refractivity contribution is 5.95. The molecule has 1 aliphatic carbocycles. The molecule has 5 N–H and O–H groups in total. The number of ether oxygens (including phenoxy) is 1. The first-order valence-corrected chi connectivity index (χ1v) is 16.8. The van der Waals surface area contributed by atoms with Gasteiger partial charge in [-0.15, -0.1) is 0 Å². The summed E-state index contributed by atoms with van der Waals surface area (Å²) in [5.41, 5.74) is 9.11. The number of nitrogens with zero attached hydrogens (tertiary/aromatic N) is 1. The second kappa shape index (κ2) is 22.5. The van der Waals surface area contributed by atoms with Gasteiger partial charge in [-0.3, -0.25) is 19.2 Å². The van der Waals surface area contributed by atoms with Crippen molar-refractivity contribution >= 4 is 29.3 Å². The summed E-state index contributed by atoms with van der Waals surface area (Å²) >= 11 is 0. The Bertz CT molecular complexity index is 1410. The number of hydrogen-bond donors (Lipinski definition) is 4. The minimum atomic E-state index is -0.463. The van der Waals surface area contributed by atoms with Crippen molar-refractivity contribution in [3.63, 3.8) is 0 Å². The van der Waals surface area contributed by atoms with Crippen LogP contribution >= 0.6 is 0 Å². The van der Waals surface area contributed by atoms with Crippen LogP contribution in [-0.2, 0) is 19.2 Å². The highest BCUT2D eigenvalue weighted by Crippen LogP contribution is 2.40. The van der Waals surface area contributed by atoms with Gasteiger partial charge in [0.15, 0.2) is 5.75 Å². The summed E-state index contributed by atoms with van der Waals surface area (Å²) < 4.78 is 5.11. The summed E-state index contributed by atoms with van der Waals surface area (Å²) in [5, 5.41) is 5.49. The Balaban J connectivity index is 0.000000275. The zero-order chi connectivity index (χ0) is 36.0. The van der Waals surface area contributed by atoms with Crippen molar-refractivity contribution in [2.24, 2.45) is 17.6 Å². The molecule has 11 nitrogen and oxygen atoms in total. The number of nitrogens with two attached hydrogens (primary N) is 1. The van der Waals surface area contributed by atoms with Crippen LogP contribution in [-0.4, -0.2) is 61.8 Å². The van der Waals surface area contributed by atoms with Gasteiger partial charge in [-0.05, 0) is 69.2 Å². The van der Waals surface area contributed by atoms with E-state index >= 15 is 0 Å². The average Bonchev–Trinajstić information content (AvgIpc) is 3.72. The van der Waals surface area contributed by atoms with Crippen LogP contribution in [0.5, 0.6) is 11.5 Å². The van der Waals surface area contributed by atoms with E-state index in [0.717, 1.165) is 30.7 Å². The van der Waals surface area contributed by atoms with Crippen molar-refractivity contribution in [1.82, 2.24) is 15.7 Å². The van der Waals surface area contributed by atoms with Crippen LogP contribution in [0.3, 0.4) is 0 Å². The van der Waals surface area contributed by atoms with Crippen molar-refractivity contribution in [3.8, 4) is 11.5 Å². The van der Waals surface area contributed by atoms with Gasteiger partial charge in [-0.25, -0.2) is 0 Å². The lowest BCUT2D eigenvalue weighted by Crippen LogP contribution is -2.45. The predicted molar refractivity (Wildman–Crippen MR) is 194 cm³/mol. The number of hydrogen-bond acceptors (Lipinski definition) is 7. The largest absolute Gasteiger partial charge is 0.497 e. The van der Waals surface area contributed by atoms with Crippen molar-refractivity contribution in [3.05, 3.63) is 91.1 Å². The Hall–Kier alpha value is -5.06. The molecule has 49 heavy (non-hydrogen) atoms. The molecule has 4 rings (SSSR count). The van der Waals surface area contributed by atoms with Crippen LogP contribution in [0.2, 0.25) is 0 Å². The van der Waals surface area contributed by atoms with Crippen molar-refractivity contribution in [2.45, 2.75) is 64.8 Å². The molecule has 2 aromatic rings. The van der Waals surface area contributed by atoms with Crippen LogP contribution in [0.25, 0.3) is 0 Å². The van der Waals surface area contributed by atoms with Crippen molar-refractivity contribution < 1.29 is 28.8 Å². The number of anilines is 1. The molecule has 0 bridgehead atoms. The topological polar surface area (TPSA) is 152 Å². The second-order valence-electron chi connectivity index (χ2n) is 11.6. The van der Waals surface area contributed by atoms with E-state index in [0.29, 0.717) is 30.2 Å². The number of benzene rings is 2. The maximum Gasteiger partial charge on any atom is 0.256 e. The predicted octanol–water partition coefficient (Wildman–Crippen LogP) is 5.32. The van der Waals surface area contributed by atoms with E-state index in [1.807, 2.05) is 61.5 Å². The van der Waals surface area contributed by atoms with E-state index < -0.39 is 11.9 Å². The lowest BCUT2D eigenvalue weighted by Gasteiger charge is -2.22. The quantitative estimate of drug-likeness (QED) is 0.0656. The molecule has 0 radical (unpaired) electrons. The van der Waals surface area contributed by atoms with Gasteiger partial charge in [0.25, 0.3) is 5.91 Å². The SMILES string of the molecule is C=C(/C=C\C)C(=O)NC.CCCCC/C=C\C1CC1C(=O)NOc1ccccc1.COc1cccc(NCC(=O)N2CCCC2C(N)=O)c1. The van der Waals surface area contributed by atoms with E-state index in [4.69, 9.17) is 15.3 Å². The Morgan fingerprint density at radius 2 is 1.80 bits per heavy atom. The number of likely N-dealkylation sites (tertiary alicyclic amines) is 1. The molecule has 1 saturated carbocycles. The number of carbonyl (C=O) groups excluding carboxylic acids is 4. The zero-order valence-electron chi connectivity index (χ0n) is 29.3. The van der Waals surface area contributed by atoms with E-state index in [1.165, 1.54) is 19.3 Å². The van der Waals surface area contributed by atoms with Gasteiger partial charge in [-0.1, -0.05) is 74.9 Å². The highest BCUT2D eigenvalue weighted by atomic mass is 16.7. The minimum absolute atomic E-state index is 0.0166. The molecule has 1 aliphatic heterocycles. The first kappa shape index (κ1) is 40.1. The molecule has 4 amide bonds. The molecule has 0 spiro atoms. The number of primary amides is 1. The van der Waals surface area contributed by atoms with Crippen molar-refractivity contribution in [1.29, 1.82) is 0 Å². The van der Waals surface area contributed by atoms with Gasteiger partial charge in [0.1, 0.15) is 11.8 Å². The first-order chi connectivity index (χ1) is 23.6. The highest BCUT2D eigenvalue weighted by Gasteiger charge is 2.41. The molecular formula is C38H53N5O6.